The van der Waals surface area contributed by atoms with Gasteiger partial charge in [0.05, 0.1) is 27.2 Å². The first-order valence-electron chi connectivity index (χ1n) is 6.93. The number of amides is 1. The highest BCUT2D eigenvalue weighted by Crippen LogP contribution is 2.29. The second kappa shape index (κ2) is 7.17. The molecule has 2 rings (SSSR count). The van der Waals surface area contributed by atoms with E-state index < -0.39 is 9.84 Å². The molecule has 0 saturated carbocycles. The van der Waals surface area contributed by atoms with Crippen molar-refractivity contribution in [1.29, 1.82) is 0 Å². The normalized spacial score (nSPS) is 20.3. The number of hydrogen-bond acceptors (Lipinski definition) is 4. The van der Waals surface area contributed by atoms with Crippen LogP contribution in [0, 0.1) is 0 Å². The van der Waals surface area contributed by atoms with E-state index in [-0.39, 0.29) is 29.9 Å². The van der Waals surface area contributed by atoms with E-state index in [0.717, 1.165) is 0 Å². The predicted molar refractivity (Wildman–Crippen MR) is 89.4 cm³/mol. The van der Waals surface area contributed by atoms with Gasteiger partial charge in [-0.05, 0) is 25.6 Å². The molecule has 22 heavy (non-hydrogen) atoms. The van der Waals surface area contributed by atoms with E-state index in [2.05, 4.69) is 5.32 Å². The number of rotatable bonds is 5. The Morgan fingerprint density at radius 1 is 1.41 bits per heavy atom. The molecule has 8 heteroatoms. The fraction of sp³-hybridized carbons (Fsp3) is 0.500. The molecular weight excluding hydrogens is 347 g/mol. The Labute approximate surface area is 140 Å². The van der Waals surface area contributed by atoms with Crippen molar-refractivity contribution in [1.82, 2.24) is 4.90 Å². The molecule has 1 aliphatic rings. The van der Waals surface area contributed by atoms with Crippen LogP contribution in [0.4, 0.5) is 5.69 Å². The van der Waals surface area contributed by atoms with E-state index in [0.29, 0.717) is 28.7 Å². The summed E-state index contributed by atoms with van der Waals surface area (Å²) in [4.78, 5) is 13.9. The van der Waals surface area contributed by atoms with Crippen molar-refractivity contribution in [2.45, 2.75) is 18.9 Å². The van der Waals surface area contributed by atoms with E-state index in [1.165, 1.54) is 0 Å². The highest BCUT2D eigenvalue weighted by molar-refractivity contribution is 7.91. The summed E-state index contributed by atoms with van der Waals surface area (Å²) in [6.45, 7) is 0.490. The molecule has 0 aliphatic carbocycles. The van der Waals surface area contributed by atoms with Gasteiger partial charge in [0.25, 0.3) is 0 Å². The molecule has 1 atom stereocenters. The number of sulfone groups is 1. The highest BCUT2D eigenvalue weighted by Gasteiger charge is 2.30. The average Bonchev–Trinajstić information content (AvgIpc) is 2.81. The number of hydrogen-bond donors (Lipinski definition) is 1. The highest BCUT2D eigenvalue weighted by atomic mass is 35.5. The predicted octanol–water partition coefficient (Wildman–Crippen LogP) is 2.44. The molecule has 5 nitrogen and oxygen atoms in total. The summed E-state index contributed by atoms with van der Waals surface area (Å²) in [6.07, 6.45) is 0.885. The Morgan fingerprint density at radius 2 is 2.14 bits per heavy atom. The summed E-state index contributed by atoms with van der Waals surface area (Å²) in [5.41, 5.74) is 0.477. The van der Waals surface area contributed by atoms with Gasteiger partial charge < -0.3 is 10.2 Å². The van der Waals surface area contributed by atoms with Gasteiger partial charge in [0.1, 0.15) is 0 Å². The molecule has 1 aliphatic heterocycles. The minimum Gasteiger partial charge on any atom is -0.325 e. The standard InChI is InChI=1S/C14H18Cl2N2O3S/c1-18(10-6-8-22(20,21)9-10)7-5-13(19)17-12-4-2-3-11(15)14(12)16/h2-4,10H,5-9H2,1H3,(H,17,19). The van der Waals surface area contributed by atoms with Crippen LogP contribution in [0.5, 0.6) is 0 Å². The maximum Gasteiger partial charge on any atom is 0.225 e. The van der Waals surface area contributed by atoms with Gasteiger partial charge in [-0.15, -0.1) is 0 Å². The molecule has 1 amide bonds. The van der Waals surface area contributed by atoms with E-state index in [1.807, 2.05) is 11.9 Å². The van der Waals surface area contributed by atoms with E-state index in [4.69, 9.17) is 23.2 Å². The number of benzene rings is 1. The first-order valence-corrected chi connectivity index (χ1v) is 9.51. The summed E-state index contributed by atoms with van der Waals surface area (Å²) < 4.78 is 22.9. The van der Waals surface area contributed by atoms with Crippen molar-refractivity contribution in [2.24, 2.45) is 0 Å². The smallest absolute Gasteiger partial charge is 0.225 e. The minimum absolute atomic E-state index is 0.00689. The number of nitrogens with one attached hydrogen (secondary N) is 1. The fourth-order valence-electron chi connectivity index (χ4n) is 2.40. The number of anilines is 1. The Kier molecular flexibility index (Phi) is 5.71. The monoisotopic (exact) mass is 364 g/mol. The Hall–Kier alpha value is -0.820. The van der Waals surface area contributed by atoms with Gasteiger partial charge in [-0.1, -0.05) is 29.3 Å². The molecule has 1 aromatic rings. The van der Waals surface area contributed by atoms with Crippen LogP contribution in [-0.4, -0.2) is 50.4 Å². The second-order valence-electron chi connectivity index (χ2n) is 5.44. The third-order valence-electron chi connectivity index (χ3n) is 3.75. The lowest BCUT2D eigenvalue weighted by Gasteiger charge is -2.22. The lowest BCUT2D eigenvalue weighted by Crippen LogP contribution is -2.35. The lowest BCUT2D eigenvalue weighted by molar-refractivity contribution is -0.116. The summed E-state index contributed by atoms with van der Waals surface area (Å²) >= 11 is 11.9. The first-order chi connectivity index (χ1) is 10.3. The van der Waals surface area contributed by atoms with E-state index in [9.17, 15) is 13.2 Å². The largest absolute Gasteiger partial charge is 0.325 e. The summed E-state index contributed by atoms with van der Waals surface area (Å²) in [7, 11) is -1.07. The van der Waals surface area contributed by atoms with Crippen LogP contribution in [0.15, 0.2) is 18.2 Å². The van der Waals surface area contributed by atoms with Gasteiger partial charge >= 0.3 is 0 Å². The molecule has 1 aromatic carbocycles. The maximum atomic E-state index is 12.0. The number of carbonyl (C=O) groups excluding carboxylic acids is 1. The van der Waals surface area contributed by atoms with Gasteiger partial charge in [0, 0.05) is 19.0 Å². The third kappa shape index (κ3) is 4.59. The molecule has 0 spiro atoms. The minimum atomic E-state index is -2.91. The van der Waals surface area contributed by atoms with Crippen LogP contribution in [0.3, 0.4) is 0 Å². The molecule has 1 heterocycles. The lowest BCUT2D eigenvalue weighted by atomic mass is 10.2. The summed E-state index contributed by atoms with van der Waals surface area (Å²) in [5, 5.41) is 3.41. The van der Waals surface area contributed by atoms with Crippen LogP contribution in [-0.2, 0) is 14.6 Å². The number of nitrogens with zero attached hydrogens (tertiary/aromatic N) is 1. The van der Waals surface area contributed by atoms with Crippen molar-refractivity contribution in [3.8, 4) is 0 Å². The molecule has 1 unspecified atom stereocenters. The Morgan fingerprint density at radius 3 is 2.77 bits per heavy atom. The van der Waals surface area contributed by atoms with Gasteiger partial charge in [-0.2, -0.15) is 0 Å². The van der Waals surface area contributed by atoms with Crippen LogP contribution in [0.25, 0.3) is 0 Å². The van der Waals surface area contributed by atoms with Crippen LogP contribution < -0.4 is 5.32 Å². The molecule has 1 saturated heterocycles. The second-order valence-corrected chi connectivity index (χ2v) is 8.45. The van der Waals surface area contributed by atoms with Gasteiger partial charge in [0.15, 0.2) is 9.84 Å². The van der Waals surface area contributed by atoms with Crippen LogP contribution in [0.1, 0.15) is 12.8 Å². The molecule has 1 N–H and O–H groups in total. The van der Waals surface area contributed by atoms with E-state index >= 15 is 0 Å². The number of carbonyl (C=O) groups is 1. The van der Waals surface area contributed by atoms with Crippen molar-refractivity contribution in [2.75, 3.05) is 30.4 Å². The zero-order valence-electron chi connectivity index (χ0n) is 12.2. The molecular formula is C14H18Cl2N2O3S. The third-order valence-corrected chi connectivity index (χ3v) is 6.32. The van der Waals surface area contributed by atoms with Gasteiger partial charge in [0.2, 0.25) is 5.91 Å². The first kappa shape index (κ1) is 17.5. The van der Waals surface area contributed by atoms with Gasteiger partial charge in [-0.25, -0.2) is 8.42 Å². The average molecular weight is 365 g/mol. The Balaban J connectivity index is 1.84. The van der Waals surface area contributed by atoms with Crippen LogP contribution >= 0.6 is 23.2 Å². The fourth-order valence-corrected chi connectivity index (χ4v) is 4.55. The molecule has 0 bridgehead atoms. The Bertz CT molecular complexity index is 664. The SMILES string of the molecule is CN(CCC(=O)Nc1cccc(Cl)c1Cl)C1CCS(=O)(=O)C1. The molecule has 0 aromatic heterocycles. The van der Waals surface area contributed by atoms with E-state index in [1.54, 1.807) is 18.2 Å². The topological polar surface area (TPSA) is 66.5 Å². The quantitative estimate of drug-likeness (QED) is 0.871. The van der Waals surface area contributed by atoms with Crippen molar-refractivity contribution < 1.29 is 13.2 Å². The molecule has 122 valence electrons. The maximum absolute atomic E-state index is 12.0. The number of halogens is 2. The molecule has 0 radical (unpaired) electrons. The zero-order valence-corrected chi connectivity index (χ0v) is 14.5. The summed E-state index contributed by atoms with van der Waals surface area (Å²) in [5.74, 6) is 0.217. The van der Waals surface area contributed by atoms with Gasteiger partial charge in [-0.3, -0.25) is 4.79 Å². The van der Waals surface area contributed by atoms with Crippen molar-refractivity contribution >= 4 is 44.6 Å². The van der Waals surface area contributed by atoms with Crippen molar-refractivity contribution in [3.05, 3.63) is 28.2 Å². The summed E-state index contributed by atoms with van der Waals surface area (Å²) in [6, 6.07) is 5.03. The van der Waals surface area contributed by atoms with Crippen LogP contribution in [0.2, 0.25) is 10.0 Å². The molecule has 1 fully saturated rings. The van der Waals surface area contributed by atoms with Crippen molar-refractivity contribution in [3.63, 3.8) is 0 Å². The zero-order chi connectivity index (χ0) is 16.3.